The molecule has 0 aliphatic carbocycles. The molecule has 0 fully saturated rings. The van der Waals surface area contributed by atoms with E-state index in [0.29, 0.717) is 54.1 Å². The van der Waals surface area contributed by atoms with Crippen molar-refractivity contribution >= 4 is 21.1 Å². The number of sulfonamides is 1. The average Bonchev–Trinajstić information content (AvgIpc) is 3.15. The lowest BCUT2D eigenvalue weighted by Crippen LogP contribution is -2.38. The van der Waals surface area contributed by atoms with Gasteiger partial charge in [0, 0.05) is 26.8 Å². The Labute approximate surface area is 204 Å². The van der Waals surface area contributed by atoms with Gasteiger partial charge in [0.2, 0.25) is 10.0 Å². The van der Waals surface area contributed by atoms with E-state index in [1.54, 1.807) is 13.1 Å². The van der Waals surface area contributed by atoms with E-state index in [9.17, 15) is 18.3 Å². The highest BCUT2D eigenvalue weighted by molar-refractivity contribution is 7.89. The molecule has 2 aromatic heterocycles. The molecule has 0 aliphatic heterocycles. The number of aromatic nitrogens is 4. The first-order valence-electron chi connectivity index (χ1n) is 11.6. The second kappa shape index (κ2) is 11.8. The minimum atomic E-state index is -3.99. The van der Waals surface area contributed by atoms with Gasteiger partial charge in [0.25, 0.3) is 5.56 Å². The van der Waals surface area contributed by atoms with E-state index in [2.05, 4.69) is 19.8 Å². The number of ether oxygens (including phenoxy) is 2. The number of aryl methyl sites for hydroxylation is 2. The van der Waals surface area contributed by atoms with Crippen LogP contribution in [0.1, 0.15) is 38.8 Å². The Morgan fingerprint density at radius 3 is 2.66 bits per heavy atom. The van der Waals surface area contributed by atoms with E-state index in [4.69, 9.17) is 9.47 Å². The number of hydrogen-bond donors (Lipinski definition) is 3. The van der Waals surface area contributed by atoms with E-state index in [-0.39, 0.29) is 22.9 Å². The number of rotatable bonds is 13. The second-order valence-corrected chi connectivity index (χ2v) is 9.93. The predicted octanol–water partition coefficient (Wildman–Crippen LogP) is 1.74. The molecule has 1 aromatic carbocycles. The summed E-state index contributed by atoms with van der Waals surface area (Å²) >= 11 is 0. The molecule has 0 amide bonds. The molecule has 192 valence electrons. The fourth-order valence-electron chi connectivity index (χ4n) is 3.71. The van der Waals surface area contributed by atoms with Crippen molar-refractivity contribution in [2.24, 2.45) is 7.05 Å². The van der Waals surface area contributed by atoms with Crippen LogP contribution in [-0.4, -0.2) is 66.2 Å². The minimum Gasteiger partial charge on any atom is -0.493 e. The molecule has 0 radical (unpaired) electrons. The van der Waals surface area contributed by atoms with Gasteiger partial charge >= 0.3 is 0 Å². The van der Waals surface area contributed by atoms with E-state index >= 15 is 0 Å². The second-order valence-electron chi connectivity index (χ2n) is 8.22. The van der Waals surface area contributed by atoms with Gasteiger partial charge in [-0.15, -0.1) is 0 Å². The molecule has 0 aliphatic rings. The molecule has 35 heavy (non-hydrogen) atoms. The largest absolute Gasteiger partial charge is 0.493 e. The van der Waals surface area contributed by atoms with E-state index in [1.807, 2.05) is 13.8 Å². The Hall–Kier alpha value is -2.80. The van der Waals surface area contributed by atoms with Crippen LogP contribution in [0.15, 0.2) is 27.9 Å². The van der Waals surface area contributed by atoms with Crippen molar-refractivity contribution in [1.82, 2.24) is 24.5 Å². The molecule has 11 nitrogen and oxygen atoms in total. The first-order valence-corrected chi connectivity index (χ1v) is 13.1. The summed E-state index contributed by atoms with van der Waals surface area (Å²) in [6.45, 7) is 4.29. The van der Waals surface area contributed by atoms with Crippen molar-refractivity contribution in [2.45, 2.75) is 50.5 Å². The van der Waals surface area contributed by atoms with Crippen LogP contribution in [0.5, 0.6) is 5.75 Å². The summed E-state index contributed by atoms with van der Waals surface area (Å²) < 4.78 is 41.0. The quantitative estimate of drug-likeness (QED) is 0.317. The van der Waals surface area contributed by atoms with Crippen LogP contribution in [0.4, 0.5) is 0 Å². The van der Waals surface area contributed by atoms with Crippen LogP contribution < -0.4 is 15.0 Å². The molecule has 3 rings (SSSR count). The Bertz CT molecular complexity index is 1320. The number of hydrogen-bond acceptors (Lipinski definition) is 8. The molecule has 0 saturated heterocycles. The normalized spacial score (nSPS) is 12.8. The van der Waals surface area contributed by atoms with Crippen LogP contribution in [0.3, 0.4) is 0 Å². The molecule has 12 heteroatoms. The molecule has 0 saturated carbocycles. The van der Waals surface area contributed by atoms with Crippen molar-refractivity contribution in [1.29, 1.82) is 0 Å². The lowest BCUT2D eigenvalue weighted by atomic mass is 10.1. The maximum absolute atomic E-state index is 13.1. The average molecular weight is 508 g/mol. The van der Waals surface area contributed by atoms with Crippen LogP contribution in [0.25, 0.3) is 22.4 Å². The van der Waals surface area contributed by atoms with Crippen molar-refractivity contribution in [3.63, 3.8) is 0 Å². The van der Waals surface area contributed by atoms with Gasteiger partial charge in [-0.05, 0) is 37.5 Å². The highest BCUT2D eigenvalue weighted by atomic mass is 32.2. The van der Waals surface area contributed by atoms with Crippen LogP contribution in [0, 0.1) is 0 Å². The Balaban J connectivity index is 2.13. The molecular weight excluding hydrogens is 474 g/mol. The Kier molecular flexibility index (Phi) is 9.00. The van der Waals surface area contributed by atoms with Gasteiger partial charge in [-0.2, -0.15) is 5.10 Å². The Morgan fingerprint density at radius 1 is 1.23 bits per heavy atom. The smallest absolute Gasteiger partial charge is 0.277 e. The number of aromatic amines is 1. The molecule has 3 N–H and O–H groups in total. The maximum atomic E-state index is 13.1. The van der Waals surface area contributed by atoms with Gasteiger partial charge in [-0.25, -0.2) is 18.1 Å². The van der Waals surface area contributed by atoms with Crippen LogP contribution in [-0.2, 0) is 28.2 Å². The standard InChI is InChI=1S/C23H33N5O6S/c1-5-7-18-20-21(28(3)26-18)23(30)25-22(24-20)17-13-16(8-9-19(17)34-11-6-2)35(31,32)27-15(14-29)10-12-33-4/h8-9,13,15,27,29H,5-7,10-12,14H2,1-4H3,(H,24,25,30). The summed E-state index contributed by atoms with van der Waals surface area (Å²) in [6.07, 6.45) is 2.53. The number of H-pyrrole nitrogens is 1. The van der Waals surface area contributed by atoms with Crippen molar-refractivity contribution in [2.75, 3.05) is 26.9 Å². The summed E-state index contributed by atoms with van der Waals surface area (Å²) in [5.74, 6) is 0.585. The number of nitrogens with one attached hydrogen (secondary N) is 2. The van der Waals surface area contributed by atoms with Crippen molar-refractivity contribution in [3.8, 4) is 17.1 Å². The van der Waals surface area contributed by atoms with Gasteiger partial charge < -0.3 is 19.6 Å². The molecule has 0 bridgehead atoms. The third-order valence-electron chi connectivity index (χ3n) is 5.44. The number of nitrogens with zero attached hydrogens (tertiary/aromatic N) is 3. The highest BCUT2D eigenvalue weighted by Crippen LogP contribution is 2.31. The Morgan fingerprint density at radius 2 is 2.00 bits per heavy atom. The monoisotopic (exact) mass is 507 g/mol. The molecule has 1 unspecified atom stereocenters. The molecule has 0 spiro atoms. The molecule has 1 atom stereocenters. The zero-order valence-electron chi connectivity index (χ0n) is 20.5. The zero-order chi connectivity index (χ0) is 25.6. The van der Waals surface area contributed by atoms with Gasteiger partial charge in [-0.1, -0.05) is 20.3 Å². The summed E-state index contributed by atoms with van der Waals surface area (Å²) in [4.78, 5) is 20.3. The van der Waals surface area contributed by atoms with Gasteiger partial charge in [-0.3, -0.25) is 9.48 Å². The highest BCUT2D eigenvalue weighted by Gasteiger charge is 2.23. The topological polar surface area (TPSA) is 148 Å². The first-order chi connectivity index (χ1) is 16.7. The maximum Gasteiger partial charge on any atom is 0.277 e. The fourth-order valence-corrected chi connectivity index (χ4v) is 5.00. The first kappa shape index (κ1) is 26.8. The number of fused-ring (bicyclic) bond motifs is 1. The fraction of sp³-hybridized carbons (Fsp3) is 0.522. The number of aliphatic hydroxyl groups is 1. The number of benzene rings is 1. The summed E-state index contributed by atoms with van der Waals surface area (Å²) in [5, 5.41) is 14.0. The van der Waals surface area contributed by atoms with Crippen molar-refractivity contribution in [3.05, 3.63) is 34.2 Å². The lowest BCUT2D eigenvalue weighted by Gasteiger charge is -2.17. The van der Waals surface area contributed by atoms with Gasteiger partial charge in [0.05, 0.1) is 29.4 Å². The van der Waals surface area contributed by atoms with E-state index < -0.39 is 16.1 Å². The number of methoxy groups -OCH3 is 1. The third kappa shape index (κ3) is 6.07. The predicted molar refractivity (Wildman–Crippen MR) is 132 cm³/mol. The van der Waals surface area contributed by atoms with Gasteiger partial charge in [0.15, 0.2) is 5.52 Å². The summed E-state index contributed by atoms with van der Waals surface area (Å²) in [5.41, 5.74) is 1.48. The van der Waals surface area contributed by atoms with Crippen LogP contribution >= 0.6 is 0 Å². The molecule has 3 aromatic rings. The lowest BCUT2D eigenvalue weighted by molar-refractivity contribution is 0.166. The minimum absolute atomic E-state index is 0.0464. The summed E-state index contributed by atoms with van der Waals surface area (Å²) in [6, 6.07) is 3.67. The zero-order valence-corrected chi connectivity index (χ0v) is 21.3. The summed E-state index contributed by atoms with van der Waals surface area (Å²) in [7, 11) is -0.801. The molecule has 2 heterocycles. The van der Waals surface area contributed by atoms with Gasteiger partial charge in [0.1, 0.15) is 17.1 Å². The van der Waals surface area contributed by atoms with E-state index in [1.165, 1.54) is 23.9 Å². The van der Waals surface area contributed by atoms with Crippen LogP contribution in [0.2, 0.25) is 0 Å². The number of aliphatic hydroxyl groups excluding tert-OH is 1. The molecular formula is C23H33N5O6S. The SMILES string of the molecule is CCCOc1ccc(S(=O)(=O)NC(CO)CCOC)cc1-c1nc2c(CCC)nn(C)c2c(=O)[nH]1. The van der Waals surface area contributed by atoms with Crippen molar-refractivity contribution < 1.29 is 23.0 Å². The van der Waals surface area contributed by atoms with E-state index in [0.717, 1.165) is 12.8 Å². The third-order valence-corrected chi connectivity index (χ3v) is 6.96.